The van der Waals surface area contributed by atoms with Crippen molar-refractivity contribution in [1.29, 1.82) is 0 Å². The highest BCUT2D eigenvalue weighted by molar-refractivity contribution is 9.10. The van der Waals surface area contributed by atoms with E-state index in [0.717, 1.165) is 22.2 Å². The average molecular weight is 300 g/mol. The van der Waals surface area contributed by atoms with Crippen LogP contribution in [0.1, 0.15) is 18.9 Å². The topological polar surface area (TPSA) is 44.5 Å². The number of nitrogens with two attached hydrogens (primary N) is 1. The fraction of sp³-hybridized carbons (Fsp3) is 0.385. The molecule has 0 aliphatic carbocycles. The van der Waals surface area contributed by atoms with E-state index in [1.165, 1.54) is 5.57 Å². The number of rotatable bonds is 5. The summed E-state index contributed by atoms with van der Waals surface area (Å²) in [5.74, 6) is 1.43. The summed E-state index contributed by atoms with van der Waals surface area (Å²) in [7, 11) is 3.25. The van der Waals surface area contributed by atoms with Gasteiger partial charge < -0.3 is 15.2 Å². The normalized spacial score (nSPS) is 11.5. The predicted molar refractivity (Wildman–Crippen MR) is 74.6 cm³/mol. The molecule has 0 radical (unpaired) electrons. The van der Waals surface area contributed by atoms with Crippen molar-refractivity contribution >= 4 is 22.0 Å². The SMILES string of the molecule is CCC(=Cc1cc(OC)c(OC)cc1Br)CN. The lowest BCUT2D eigenvalue weighted by Crippen LogP contribution is -2.02. The van der Waals surface area contributed by atoms with Crippen LogP contribution in [0.3, 0.4) is 0 Å². The van der Waals surface area contributed by atoms with Gasteiger partial charge in [-0.1, -0.05) is 34.5 Å². The maximum Gasteiger partial charge on any atom is 0.161 e. The number of methoxy groups -OCH3 is 2. The quantitative estimate of drug-likeness (QED) is 0.908. The number of benzene rings is 1. The molecule has 3 nitrogen and oxygen atoms in total. The third-order valence-corrected chi connectivity index (χ3v) is 3.27. The Balaban J connectivity index is 3.21. The molecule has 2 N–H and O–H groups in total. The smallest absolute Gasteiger partial charge is 0.161 e. The molecular weight excluding hydrogens is 282 g/mol. The van der Waals surface area contributed by atoms with Gasteiger partial charge in [0.2, 0.25) is 0 Å². The minimum atomic E-state index is 0.567. The van der Waals surface area contributed by atoms with Gasteiger partial charge in [0.25, 0.3) is 0 Å². The van der Waals surface area contributed by atoms with Crippen molar-refractivity contribution < 1.29 is 9.47 Å². The van der Waals surface area contributed by atoms with E-state index in [-0.39, 0.29) is 0 Å². The first kappa shape index (κ1) is 14.1. The third-order valence-electron chi connectivity index (χ3n) is 2.58. The van der Waals surface area contributed by atoms with Gasteiger partial charge in [-0.3, -0.25) is 0 Å². The molecule has 1 rings (SSSR count). The standard InChI is InChI=1S/C13H18BrNO2/c1-4-9(8-15)5-10-6-12(16-2)13(17-3)7-11(10)14/h5-7H,4,8,15H2,1-3H3. The zero-order chi connectivity index (χ0) is 12.8. The minimum Gasteiger partial charge on any atom is -0.493 e. The second-order valence-electron chi connectivity index (χ2n) is 3.59. The molecule has 0 fully saturated rings. The summed E-state index contributed by atoms with van der Waals surface area (Å²) in [6.07, 6.45) is 3.02. The fourth-order valence-corrected chi connectivity index (χ4v) is 1.94. The van der Waals surface area contributed by atoms with Crippen LogP contribution in [-0.4, -0.2) is 20.8 Å². The zero-order valence-corrected chi connectivity index (χ0v) is 12.0. The van der Waals surface area contributed by atoms with Crippen LogP contribution >= 0.6 is 15.9 Å². The van der Waals surface area contributed by atoms with E-state index in [1.807, 2.05) is 12.1 Å². The van der Waals surface area contributed by atoms with Crippen molar-refractivity contribution in [2.45, 2.75) is 13.3 Å². The second-order valence-corrected chi connectivity index (χ2v) is 4.44. The van der Waals surface area contributed by atoms with Gasteiger partial charge in [-0.05, 0) is 24.1 Å². The molecule has 0 aliphatic rings. The molecule has 94 valence electrons. The summed E-state index contributed by atoms with van der Waals surface area (Å²) in [6.45, 7) is 2.66. The van der Waals surface area contributed by atoms with E-state index < -0.39 is 0 Å². The molecule has 0 aliphatic heterocycles. The van der Waals surface area contributed by atoms with Gasteiger partial charge in [-0.25, -0.2) is 0 Å². The van der Waals surface area contributed by atoms with E-state index in [2.05, 4.69) is 28.9 Å². The summed E-state index contributed by atoms with van der Waals surface area (Å²) in [5.41, 5.74) is 7.91. The van der Waals surface area contributed by atoms with Crippen LogP contribution in [0.25, 0.3) is 6.08 Å². The van der Waals surface area contributed by atoms with Gasteiger partial charge in [0, 0.05) is 11.0 Å². The molecule has 1 aromatic carbocycles. The molecule has 17 heavy (non-hydrogen) atoms. The van der Waals surface area contributed by atoms with Gasteiger partial charge in [0.1, 0.15) is 0 Å². The van der Waals surface area contributed by atoms with Crippen molar-refractivity contribution in [3.05, 3.63) is 27.7 Å². The van der Waals surface area contributed by atoms with Crippen LogP contribution in [0.15, 0.2) is 22.2 Å². The summed E-state index contributed by atoms with van der Waals surface area (Å²) in [5, 5.41) is 0. The Bertz CT molecular complexity index is 410. The predicted octanol–water partition coefficient (Wildman–Crippen LogP) is 3.22. The Morgan fingerprint density at radius 3 is 2.35 bits per heavy atom. The molecule has 0 bridgehead atoms. The van der Waals surface area contributed by atoms with Crippen LogP contribution in [0.2, 0.25) is 0 Å². The van der Waals surface area contributed by atoms with E-state index >= 15 is 0 Å². The molecule has 4 heteroatoms. The lowest BCUT2D eigenvalue weighted by molar-refractivity contribution is 0.354. The Labute approximate surface area is 111 Å². The fourth-order valence-electron chi connectivity index (χ4n) is 1.51. The average Bonchev–Trinajstić information content (AvgIpc) is 2.36. The molecule has 0 heterocycles. The van der Waals surface area contributed by atoms with Crippen LogP contribution in [-0.2, 0) is 0 Å². The minimum absolute atomic E-state index is 0.567. The number of ether oxygens (including phenoxy) is 2. The second kappa shape index (κ2) is 6.67. The van der Waals surface area contributed by atoms with Crippen LogP contribution in [0.4, 0.5) is 0 Å². The number of hydrogen-bond acceptors (Lipinski definition) is 3. The van der Waals surface area contributed by atoms with Crippen LogP contribution in [0, 0.1) is 0 Å². The molecule has 0 amide bonds. The van der Waals surface area contributed by atoms with E-state index in [1.54, 1.807) is 14.2 Å². The molecule has 0 spiro atoms. The maximum atomic E-state index is 5.67. The zero-order valence-electron chi connectivity index (χ0n) is 10.4. The highest BCUT2D eigenvalue weighted by Gasteiger charge is 2.08. The van der Waals surface area contributed by atoms with E-state index in [4.69, 9.17) is 15.2 Å². The van der Waals surface area contributed by atoms with E-state index in [0.29, 0.717) is 12.3 Å². The first-order valence-corrected chi connectivity index (χ1v) is 6.26. The largest absolute Gasteiger partial charge is 0.493 e. The number of hydrogen-bond donors (Lipinski definition) is 1. The summed E-state index contributed by atoms with van der Waals surface area (Å²) in [4.78, 5) is 0. The first-order chi connectivity index (χ1) is 8.15. The van der Waals surface area contributed by atoms with Gasteiger partial charge in [0.15, 0.2) is 11.5 Å². The Hall–Kier alpha value is -1.00. The van der Waals surface area contributed by atoms with Crippen molar-refractivity contribution in [3.8, 4) is 11.5 Å². The first-order valence-electron chi connectivity index (χ1n) is 5.47. The molecule has 0 atom stereocenters. The summed E-state index contributed by atoms with van der Waals surface area (Å²) >= 11 is 3.52. The highest BCUT2D eigenvalue weighted by Crippen LogP contribution is 2.34. The van der Waals surface area contributed by atoms with Crippen LogP contribution in [0.5, 0.6) is 11.5 Å². The third kappa shape index (κ3) is 3.48. The molecule has 0 aromatic heterocycles. The number of halogens is 1. The van der Waals surface area contributed by atoms with E-state index in [9.17, 15) is 0 Å². The van der Waals surface area contributed by atoms with Crippen molar-refractivity contribution in [3.63, 3.8) is 0 Å². The van der Waals surface area contributed by atoms with Crippen molar-refractivity contribution in [1.82, 2.24) is 0 Å². The Kier molecular flexibility index (Phi) is 5.51. The van der Waals surface area contributed by atoms with Crippen molar-refractivity contribution in [2.24, 2.45) is 5.73 Å². The molecule has 1 aromatic rings. The lowest BCUT2D eigenvalue weighted by Gasteiger charge is -2.10. The molecule has 0 unspecified atom stereocenters. The summed E-state index contributed by atoms with van der Waals surface area (Å²) in [6, 6.07) is 3.84. The lowest BCUT2D eigenvalue weighted by atomic mass is 10.1. The Morgan fingerprint density at radius 1 is 1.29 bits per heavy atom. The maximum absolute atomic E-state index is 5.67. The monoisotopic (exact) mass is 299 g/mol. The highest BCUT2D eigenvalue weighted by atomic mass is 79.9. The Morgan fingerprint density at radius 2 is 1.88 bits per heavy atom. The van der Waals surface area contributed by atoms with Gasteiger partial charge in [0.05, 0.1) is 14.2 Å². The molecule has 0 saturated heterocycles. The van der Waals surface area contributed by atoms with Gasteiger partial charge >= 0.3 is 0 Å². The van der Waals surface area contributed by atoms with Crippen LogP contribution < -0.4 is 15.2 Å². The van der Waals surface area contributed by atoms with Crippen molar-refractivity contribution in [2.75, 3.05) is 20.8 Å². The molecular formula is C13H18BrNO2. The van der Waals surface area contributed by atoms with Gasteiger partial charge in [-0.2, -0.15) is 0 Å². The summed E-state index contributed by atoms with van der Waals surface area (Å²) < 4.78 is 11.5. The van der Waals surface area contributed by atoms with Gasteiger partial charge in [-0.15, -0.1) is 0 Å². The molecule has 0 saturated carbocycles.